The fraction of sp³-hybridized carbons (Fsp3) is 0.667. The van der Waals surface area contributed by atoms with Crippen LogP contribution >= 0.6 is 0 Å². The Kier molecular flexibility index (Phi) is 3.31. The smallest absolute Gasteiger partial charge is 0.304 e. The zero-order chi connectivity index (χ0) is 11.7. The molecule has 0 saturated heterocycles. The van der Waals surface area contributed by atoms with E-state index in [1.807, 2.05) is 0 Å². The van der Waals surface area contributed by atoms with Crippen molar-refractivity contribution in [2.45, 2.75) is 19.3 Å². The molecule has 0 aromatic heterocycles. The molecule has 82 valence electrons. The molecule has 0 aromatic rings. The lowest BCUT2D eigenvalue weighted by Crippen LogP contribution is -2.44. The van der Waals surface area contributed by atoms with Gasteiger partial charge in [-0.3, -0.25) is 0 Å². The van der Waals surface area contributed by atoms with Crippen molar-refractivity contribution in [1.82, 2.24) is 0 Å². The standard InChI is InChI=1S/C6H6F6N2/c1-2(13)3(14)4(5(7,8)9)6(10,11)12/h4,13-14H,1H3. The molecule has 0 heterocycles. The van der Waals surface area contributed by atoms with E-state index in [-0.39, 0.29) is 0 Å². The van der Waals surface area contributed by atoms with Crippen LogP contribution in [0.4, 0.5) is 26.3 Å². The van der Waals surface area contributed by atoms with Gasteiger partial charge in [0.25, 0.3) is 0 Å². The highest BCUT2D eigenvalue weighted by atomic mass is 19.4. The van der Waals surface area contributed by atoms with Crippen molar-refractivity contribution < 1.29 is 26.3 Å². The minimum Gasteiger partial charge on any atom is -0.304 e. The molecule has 8 heteroatoms. The van der Waals surface area contributed by atoms with Crippen LogP contribution in [0.3, 0.4) is 0 Å². The normalized spacial score (nSPS) is 13.1. The number of hydrogen-bond acceptors (Lipinski definition) is 2. The summed E-state index contributed by atoms with van der Waals surface area (Å²) in [6.45, 7) is 0.701. The molecule has 0 fully saturated rings. The molecule has 0 bridgehead atoms. The summed E-state index contributed by atoms with van der Waals surface area (Å²) in [6.07, 6.45) is -11.2. The summed E-state index contributed by atoms with van der Waals surface area (Å²) in [6, 6.07) is 0. The summed E-state index contributed by atoms with van der Waals surface area (Å²) in [7, 11) is 0. The van der Waals surface area contributed by atoms with E-state index >= 15 is 0 Å². The monoisotopic (exact) mass is 220 g/mol. The first kappa shape index (κ1) is 12.9. The maximum absolute atomic E-state index is 11.9. The van der Waals surface area contributed by atoms with Crippen LogP contribution < -0.4 is 0 Å². The van der Waals surface area contributed by atoms with Crippen molar-refractivity contribution in [3.8, 4) is 0 Å². The number of nitrogens with one attached hydrogen (secondary N) is 2. The fourth-order valence-electron chi connectivity index (χ4n) is 0.729. The molecule has 0 atom stereocenters. The Morgan fingerprint density at radius 2 is 1.21 bits per heavy atom. The Morgan fingerprint density at radius 1 is 0.929 bits per heavy atom. The first-order valence-corrected chi connectivity index (χ1v) is 3.25. The van der Waals surface area contributed by atoms with E-state index in [0.717, 1.165) is 0 Å². The number of rotatable bonds is 2. The van der Waals surface area contributed by atoms with Crippen LogP contribution in [0, 0.1) is 16.7 Å². The molecule has 2 nitrogen and oxygen atoms in total. The van der Waals surface area contributed by atoms with Gasteiger partial charge in [-0.05, 0) is 6.92 Å². The third kappa shape index (κ3) is 3.00. The summed E-state index contributed by atoms with van der Waals surface area (Å²) < 4.78 is 71.2. The quantitative estimate of drug-likeness (QED) is 0.531. The second-order valence-corrected chi connectivity index (χ2v) is 2.55. The van der Waals surface area contributed by atoms with Crippen molar-refractivity contribution >= 4 is 11.4 Å². The van der Waals surface area contributed by atoms with Gasteiger partial charge in [0.15, 0.2) is 5.92 Å². The van der Waals surface area contributed by atoms with Gasteiger partial charge in [0, 0.05) is 5.71 Å². The lowest BCUT2D eigenvalue weighted by molar-refractivity contribution is -0.260. The zero-order valence-corrected chi connectivity index (χ0v) is 6.85. The summed E-state index contributed by atoms with van der Waals surface area (Å²) in [5, 5.41) is 13.1. The van der Waals surface area contributed by atoms with E-state index in [2.05, 4.69) is 0 Å². The molecule has 0 aliphatic carbocycles. The van der Waals surface area contributed by atoms with Gasteiger partial charge in [-0.1, -0.05) is 0 Å². The van der Waals surface area contributed by atoms with E-state index in [0.29, 0.717) is 6.92 Å². The van der Waals surface area contributed by atoms with E-state index in [4.69, 9.17) is 10.8 Å². The van der Waals surface area contributed by atoms with Crippen LogP contribution in [0.15, 0.2) is 0 Å². The van der Waals surface area contributed by atoms with E-state index in [9.17, 15) is 26.3 Å². The number of hydrogen-bond donors (Lipinski definition) is 2. The van der Waals surface area contributed by atoms with E-state index < -0.39 is 29.7 Å². The zero-order valence-electron chi connectivity index (χ0n) is 6.85. The van der Waals surface area contributed by atoms with Gasteiger partial charge in [0.2, 0.25) is 0 Å². The Morgan fingerprint density at radius 3 is 1.29 bits per heavy atom. The first-order chi connectivity index (χ1) is 5.98. The number of alkyl halides is 6. The van der Waals surface area contributed by atoms with Gasteiger partial charge in [-0.25, -0.2) is 0 Å². The van der Waals surface area contributed by atoms with Crippen LogP contribution in [-0.4, -0.2) is 23.8 Å². The van der Waals surface area contributed by atoms with Gasteiger partial charge in [-0.15, -0.1) is 0 Å². The van der Waals surface area contributed by atoms with Crippen LogP contribution in [0.1, 0.15) is 6.92 Å². The largest absolute Gasteiger partial charge is 0.406 e. The van der Waals surface area contributed by atoms with Crippen molar-refractivity contribution in [2.24, 2.45) is 5.92 Å². The van der Waals surface area contributed by atoms with Gasteiger partial charge in [0.1, 0.15) is 0 Å². The minimum absolute atomic E-state index is 0.701. The Bertz CT molecular complexity index is 236. The summed E-state index contributed by atoms with van der Waals surface area (Å²) in [5.41, 5.74) is -2.82. The van der Waals surface area contributed by atoms with E-state index in [1.54, 1.807) is 0 Å². The van der Waals surface area contributed by atoms with Crippen molar-refractivity contribution in [1.29, 1.82) is 10.8 Å². The molecule has 2 N–H and O–H groups in total. The first-order valence-electron chi connectivity index (χ1n) is 3.25. The van der Waals surface area contributed by atoms with Crippen LogP contribution in [0.2, 0.25) is 0 Å². The SMILES string of the molecule is CC(=N)C(=N)C(C(F)(F)F)C(F)(F)F. The topological polar surface area (TPSA) is 47.7 Å². The third-order valence-corrected chi connectivity index (χ3v) is 1.35. The molecule has 0 spiro atoms. The van der Waals surface area contributed by atoms with Crippen LogP contribution in [0.5, 0.6) is 0 Å². The molecule has 0 unspecified atom stereocenters. The second-order valence-electron chi connectivity index (χ2n) is 2.55. The van der Waals surface area contributed by atoms with Gasteiger partial charge in [0.05, 0.1) is 5.71 Å². The minimum atomic E-state index is -5.59. The molecule has 0 aromatic carbocycles. The molecule has 0 aliphatic rings. The summed E-state index contributed by atoms with van der Waals surface area (Å²) in [5.74, 6) is -3.87. The van der Waals surface area contributed by atoms with Crippen molar-refractivity contribution in [3.63, 3.8) is 0 Å². The van der Waals surface area contributed by atoms with Gasteiger partial charge >= 0.3 is 12.4 Å². The lowest BCUT2D eigenvalue weighted by atomic mass is 9.99. The van der Waals surface area contributed by atoms with E-state index in [1.165, 1.54) is 0 Å². The van der Waals surface area contributed by atoms with Crippen molar-refractivity contribution in [2.75, 3.05) is 0 Å². The highest BCUT2D eigenvalue weighted by Gasteiger charge is 2.59. The summed E-state index contributed by atoms with van der Waals surface area (Å²) in [4.78, 5) is 0. The molecule has 0 aliphatic heterocycles. The highest BCUT2D eigenvalue weighted by Crippen LogP contribution is 2.39. The van der Waals surface area contributed by atoms with Gasteiger partial charge in [-0.2, -0.15) is 26.3 Å². The molecule has 0 rings (SSSR count). The molecule has 0 amide bonds. The maximum atomic E-state index is 11.9. The average molecular weight is 220 g/mol. The molecular formula is C6H6F6N2. The third-order valence-electron chi connectivity index (χ3n) is 1.35. The lowest BCUT2D eigenvalue weighted by Gasteiger charge is -2.22. The molecule has 14 heavy (non-hydrogen) atoms. The predicted octanol–water partition coefficient (Wildman–Crippen LogP) is 2.79. The molecule has 0 radical (unpaired) electrons. The number of halogens is 6. The van der Waals surface area contributed by atoms with Gasteiger partial charge < -0.3 is 10.8 Å². The van der Waals surface area contributed by atoms with Crippen molar-refractivity contribution in [3.05, 3.63) is 0 Å². The Hall–Kier alpha value is -1.08. The molecule has 0 saturated carbocycles. The molecular weight excluding hydrogens is 214 g/mol. The average Bonchev–Trinajstić information content (AvgIpc) is 1.79. The highest BCUT2D eigenvalue weighted by molar-refractivity contribution is 6.40. The Balaban J connectivity index is 5.15. The predicted molar refractivity (Wildman–Crippen MR) is 36.7 cm³/mol. The van der Waals surface area contributed by atoms with Crippen LogP contribution in [0.25, 0.3) is 0 Å². The second kappa shape index (κ2) is 3.58. The Labute approximate surface area is 74.9 Å². The fourth-order valence-corrected chi connectivity index (χ4v) is 0.729. The maximum Gasteiger partial charge on any atom is 0.406 e. The van der Waals surface area contributed by atoms with Crippen LogP contribution in [-0.2, 0) is 0 Å². The summed E-state index contributed by atoms with van der Waals surface area (Å²) >= 11 is 0.